The molecule has 0 spiro atoms. The van der Waals surface area contributed by atoms with Crippen LogP contribution in [0, 0.1) is 18.8 Å². The first-order valence-corrected chi connectivity index (χ1v) is 6.63. The molecule has 5 heteroatoms. The molecule has 0 amide bonds. The topological polar surface area (TPSA) is 56.5 Å². The van der Waals surface area contributed by atoms with Crippen LogP contribution in [0.3, 0.4) is 0 Å². The number of ether oxygens (including phenoxy) is 2. The number of rotatable bonds is 5. The van der Waals surface area contributed by atoms with E-state index in [1.54, 1.807) is 19.4 Å². The molecule has 110 valence electrons. The van der Waals surface area contributed by atoms with Gasteiger partial charge in [-0.15, -0.1) is 0 Å². The van der Waals surface area contributed by atoms with E-state index in [-0.39, 0.29) is 6.61 Å². The van der Waals surface area contributed by atoms with E-state index in [0.29, 0.717) is 30.2 Å². The van der Waals surface area contributed by atoms with Gasteiger partial charge in [0.05, 0.1) is 19.2 Å². The van der Waals surface area contributed by atoms with Crippen LogP contribution >= 0.6 is 0 Å². The van der Waals surface area contributed by atoms with E-state index in [2.05, 4.69) is 16.8 Å². The molecule has 0 unspecified atom stereocenters. The van der Waals surface area contributed by atoms with Crippen molar-refractivity contribution in [3.63, 3.8) is 0 Å². The highest BCUT2D eigenvalue weighted by molar-refractivity contribution is 5.50. The fraction of sp³-hybridized carbons (Fsp3) is 0.312. The van der Waals surface area contributed by atoms with Gasteiger partial charge in [0.2, 0.25) is 0 Å². The molecule has 0 radical (unpaired) electrons. The first-order chi connectivity index (χ1) is 10.2. The lowest BCUT2D eigenvalue weighted by Crippen LogP contribution is -2.09. The second-order valence-corrected chi connectivity index (χ2v) is 4.34. The van der Waals surface area contributed by atoms with Crippen LogP contribution in [0.5, 0.6) is 11.5 Å². The molecule has 0 saturated carbocycles. The average Bonchev–Trinajstić information content (AvgIpc) is 2.91. The number of nitrogens with zero attached hydrogens (tertiary/aromatic N) is 2. The number of methoxy groups -OCH3 is 1. The SMILES string of the molecule is COc1ccc(OCCn2ccnc2C)c(C#CCO)c1. The zero-order valence-corrected chi connectivity index (χ0v) is 12.2. The molecule has 5 nitrogen and oxygen atoms in total. The van der Waals surface area contributed by atoms with Gasteiger partial charge in [-0.1, -0.05) is 11.8 Å². The van der Waals surface area contributed by atoms with Crippen molar-refractivity contribution in [2.75, 3.05) is 20.3 Å². The van der Waals surface area contributed by atoms with Gasteiger partial charge in [0.15, 0.2) is 0 Å². The molecule has 0 aliphatic heterocycles. The number of hydrogen-bond acceptors (Lipinski definition) is 4. The fourth-order valence-electron chi connectivity index (χ4n) is 1.89. The Morgan fingerprint density at radius 3 is 2.90 bits per heavy atom. The van der Waals surface area contributed by atoms with E-state index < -0.39 is 0 Å². The Labute approximate surface area is 124 Å². The van der Waals surface area contributed by atoms with Crippen LogP contribution in [0.15, 0.2) is 30.6 Å². The van der Waals surface area contributed by atoms with Gasteiger partial charge >= 0.3 is 0 Å². The monoisotopic (exact) mass is 286 g/mol. The van der Waals surface area contributed by atoms with Gasteiger partial charge in [0, 0.05) is 12.4 Å². The zero-order chi connectivity index (χ0) is 15.1. The second kappa shape index (κ2) is 7.36. The number of aryl methyl sites for hydroxylation is 1. The summed E-state index contributed by atoms with van der Waals surface area (Å²) < 4.78 is 13.0. The Morgan fingerprint density at radius 1 is 1.38 bits per heavy atom. The summed E-state index contributed by atoms with van der Waals surface area (Å²) in [6, 6.07) is 5.43. The quantitative estimate of drug-likeness (QED) is 0.849. The normalized spacial score (nSPS) is 9.86. The third kappa shape index (κ3) is 4.01. The summed E-state index contributed by atoms with van der Waals surface area (Å²) in [7, 11) is 1.60. The minimum absolute atomic E-state index is 0.190. The van der Waals surface area contributed by atoms with Crippen LogP contribution in [-0.2, 0) is 6.54 Å². The van der Waals surface area contributed by atoms with Crippen molar-refractivity contribution in [1.29, 1.82) is 0 Å². The Balaban J connectivity index is 2.06. The molecule has 0 fully saturated rings. The molecular formula is C16H18N2O3. The molecule has 2 aromatic rings. The van der Waals surface area contributed by atoms with E-state index in [4.69, 9.17) is 14.6 Å². The van der Waals surface area contributed by atoms with Gasteiger partial charge in [-0.3, -0.25) is 0 Å². The number of benzene rings is 1. The van der Waals surface area contributed by atoms with E-state index >= 15 is 0 Å². The first kappa shape index (κ1) is 14.9. The minimum atomic E-state index is -0.190. The molecule has 0 bridgehead atoms. The van der Waals surface area contributed by atoms with Gasteiger partial charge < -0.3 is 19.1 Å². The highest BCUT2D eigenvalue weighted by Crippen LogP contribution is 2.23. The molecule has 0 saturated heterocycles. The van der Waals surface area contributed by atoms with Crippen molar-refractivity contribution in [3.8, 4) is 23.3 Å². The third-order valence-corrected chi connectivity index (χ3v) is 3.00. The molecule has 1 aromatic carbocycles. The van der Waals surface area contributed by atoms with Crippen LogP contribution in [0.1, 0.15) is 11.4 Å². The van der Waals surface area contributed by atoms with Gasteiger partial charge in [0.25, 0.3) is 0 Å². The molecule has 1 aromatic heterocycles. The van der Waals surface area contributed by atoms with Crippen LogP contribution in [0.25, 0.3) is 0 Å². The maximum Gasteiger partial charge on any atom is 0.135 e. The lowest BCUT2D eigenvalue weighted by atomic mass is 10.2. The summed E-state index contributed by atoms with van der Waals surface area (Å²) in [5.74, 6) is 7.82. The standard InChI is InChI=1S/C16H18N2O3/c1-13-17-7-8-18(13)9-11-21-16-6-5-15(20-2)12-14(16)4-3-10-19/h5-8,12,19H,9-11H2,1-2H3. The molecule has 0 aliphatic rings. The lowest BCUT2D eigenvalue weighted by Gasteiger charge is -2.11. The number of aliphatic hydroxyl groups excluding tert-OH is 1. The molecule has 1 heterocycles. The summed E-state index contributed by atoms with van der Waals surface area (Å²) >= 11 is 0. The van der Waals surface area contributed by atoms with Gasteiger partial charge in [0.1, 0.15) is 30.5 Å². The summed E-state index contributed by atoms with van der Waals surface area (Å²) in [6.45, 7) is 2.98. The highest BCUT2D eigenvalue weighted by atomic mass is 16.5. The Morgan fingerprint density at radius 2 is 2.24 bits per heavy atom. The van der Waals surface area contributed by atoms with E-state index in [1.165, 1.54) is 0 Å². The smallest absolute Gasteiger partial charge is 0.135 e. The summed E-state index contributed by atoms with van der Waals surface area (Å²) in [5, 5.41) is 8.82. The Kier molecular flexibility index (Phi) is 5.24. The van der Waals surface area contributed by atoms with E-state index in [1.807, 2.05) is 29.8 Å². The maximum absolute atomic E-state index is 8.82. The molecule has 0 atom stereocenters. The third-order valence-electron chi connectivity index (χ3n) is 3.00. The second-order valence-electron chi connectivity index (χ2n) is 4.34. The number of hydrogen-bond donors (Lipinski definition) is 1. The van der Waals surface area contributed by atoms with Gasteiger partial charge in [-0.2, -0.15) is 0 Å². The molecule has 1 N–H and O–H groups in total. The van der Waals surface area contributed by atoms with E-state index in [9.17, 15) is 0 Å². The molecule has 21 heavy (non-hydrogen) atoms. The van der Waals surface area contributed by atoms with Crippen LogP contribution in [0.2, 0.25) is 0 Å². The predicted molar refractivity (Wildman–Crippen MR) is 79.4 cm³/mol. The van der Waals surface area contributed by atoms with Gasteiger partial charge in [-0.05, 0) is 25.1 Å². The number of aromatic nitrogens is 2. The van der Waals surface area contributed by atoms with Gasteiger partial charge in [-0.25, -0.2) is 4.98 Å². The van der Waals surface area contributed by atoms with Crippen molar-refractivity contribution in [3.05, 3.63) is 42.0 Å². The van der Waals surface area contributed by atoms with Crippen molar-refractivity contribution in [2.24, 2.45) is 0 Å². The van der Waals surface area contributed by atoms with Crippen molar-refractivity contribution < 1.29 is 14.6 Å². The average molecular weight is 286 g/mol. The molecule has 0 aliphatic carbocycles. The largest absolute Gasteiger partial charge is 0.497 e. The number of aliphatic hydroxyl groups is 1. The first-order valence-electron chi connectivity index (χ1n) is 6.63. The van der Waals surface area contributed by atoms with E-state index in [0.717, 1.165) is 5.82 Å². The summed E-state index contributed by atoms with van der Waals surface area (Å²) in [5.41, 5.74) is 0.700. The van der Waals surface area contributed by atoms with Crippen LogP contribution < -0.4 is 9.47 Å². The minimum Gasteiger partial charge on any atom is -0.497 e. The van der Waals surface area contributed by atoms with Crippen molar-refractivity contribution >= 4 is 0 Å². The summed E-state index contributed by atoms with van der Waals surface area (Å²) in [4.78, 5) is 4.16. The lowest BCUT2D eigenvalue weighted by molar-refractivity contribution is 0.295. The highest BCUT2D eigenvalue weighted by Gasteiger charge is 2.04. The maximum atomic E-state index is 8.82. The van der Waals surface area contributed by atoms with Crippen molar-refractivity contribution in [1.82, 2.24) is 9.55 Å². The Hall–Kier alpha value is -2.45. The predicted octanol–water partition coefficient (Wildman–Crippen LogP) is 1.62. The zero-order valence-electron chi connectivity index (χ0n) is 12.2. The fourth-order valence-corrected chi connectivity index (χ4v) is 1.89. The molecular weight excluding hydrogens is 268 g/mol. The Bertz CT molecular complexity index is 653. The van der Waals surface area contributed by atoms with Crippen LogP contribution in [-0.4, -0.2) is 35.0 Å². The van der Waals surface area contributed by atoms with Crippen molar-refractivity contribution in [2.45, 2.75) is 13.5 Å². The van der Waals surface area contributed by atoms with Crippen LogP contribution in [0.4, 0.5) is 0 Å². The number of imidazole rings is 1. The summed E-state index contributed by atoms with van der Waals surface area (Å²) in [6.07, 6.45) is 3.68. The molecule has 2 rings (SSSR count).